The Hall–Kier alpha value is -2.89. The van der Waals surface area contributed by atoms with Crippen LogP contribution < -0.4 is 0 Å². The van der Waals surface area contributed by atoms with E-state index < -0.39 is 6.10 Å². The molecule has 0 N–H and O–H groups in total. The van der Waals surface area contributed by atoms with Gasteiger partial charge >= 0.3 is 17.9 Å². The summed E-state index contributed by atoms with van der Waals surface area (Å²) in [6.45, 7) is 6.61. The van der Waals surface area contributed by atoms with Crippen LogP contribution in [0.15, 0.2) is 60.8 Å². The molecule has 0 aliphatic rings. The largest absolute Gasteiger partial charge is 0.462 e. The summed E-state index contributed by atoms with van der Waals surface area (Å²) in [5.74, 6) is -0.877. The van der Waals surface area contributed by atoms with Gasteiger partial charge in [-0.15, -0.1) is 0 Å². The first-order valence-electron chi connectivity index (χ1n) is 31.8. The van der Waals surface area contributed by atoms with E-state index >= 15 is 0 Å². The third kappa shape index (κ3) is 59.9. The van der Waals surface area contributed by atoms with Crippen LogP contribution in [0, 0.1) is 0 Å². The lowest BCUT2D eigenvalue weighted by atomic mass is 10.0. The number of ether oxygens (including phenoxy) is 3. The van der Waals surface area contributed by atoms with E-state index in [4.69, 9.17) is 14.2 Å². The van der Waals surface area contributed by atoms with Gasteiger partial charge in [0.2, 0.25) is 0 Å². The molecule has 0 bridgehead atoms. The number of allylic oxidation sites excluding steroid dienone is 10. The van der Waals surface area contributed by atoms with Crippen LogP contribution in [0.2, 0.25) is 0 Å². The minimum atomic E-state index is -0.779. The molecular formula is C67H120O6. The molecule has 1 atom stereocenters. The highest BCUT2D eigenvalue weighted by atomic mass is 16.6. The number of esters is 3. The molecule has 0 aliphatic heterocycles. The number of carbonyl (C=O) groups is 3. The molecule has 0 aromatic rings. The van der Waals surface area contributed by atoms with Crippen LogP contribution in [0.3, 0.4) is 0 Å². The Morgan fingerprint density at radius 2 is 0.493 bits per heavy atom. The number of hydrogen-bond acceptors (Lipinski definition) is 6. The van der Waals surface area contributed by atoms with Gasteiger partial charge in [-0.2, -0.15) is 0 Å². The SMILES string of the molecule is CCCCC/C=C\C/C=C\C/C=C\CCCCCCCCC(=O)OC(COC(=O)CCCCCCCCCCC)COC(=O)CCCCCCCCCCCCCCCCC/C=C\C/C=C\CCCCCCC. The zero-order valence-electron chi connectivity index (χ0n) is 48.7. The standard InChI is InChI=1S/C67H120O6/c1-4-7-10-13-16-19-21-23-25-27-29-30-31-32-33-34-35-36-38-39-41-43-45-48-51-54-57-60-66(69)72-63-64(62-71-65(68)59-56-53-50-47-18-15-12-9-6-3)73-67(70)61-58-55-52-49-46-44-42-40-37-28-26-24-22-20-17-14-11-8-5-2/h17,20-21,23-24,26-27,29,37,40,64H,4-16,18-19,22,25,28,30-36,38-39,41-63H2,1-3H3/b20-17-,23-21-,26-24-,29-27-,40-37-. The van der Waals surface area contributed by atoms with Crippen molar-refractivity contribution in [1.82, 2.24) is 0 Å². The van der Waals surface area contributed by atoms with Crippen LogP contribution in [0.5, 0.6) is 0 Å². The van der Waals surface area contributed by atoms with Crippen LogP contribution in [0.1, 0.15) is 329 Å². The van der Waals surface area contributed by atoms with Gasteiger partial charge in [-0.25, -0.2) is 0 Å². The molecule has 0 amide bonds. The highest BCUT2D eigenvalue weighted by molar-refractivity contribution is 5.71. The number of unbranched alkanes of at least 4 members (excludes halogenated alkanes) is 37. The van der Waals surface area contributed by atoms with E-state index in [0.29, 0.717) is 19.3 Å². The minimum Gasteiger partial charge on any atom is -0.462 e. The van der Waals surface area contributed by atoms with Gasteiger partial charge in [-0.1, -0.05) is 281 Å². The van der Waals surface area contributed by atoms with Crippen molar-refractivity contribution in [2.24, 2.45) is 0 Å². The van der Waals surface area contributed by atoms with E-state index in [1.54, 1.807) is 0 Å². The van der Waals surface area contributed by atoms with Gasteiger partial charge < -0.3 is 14.2 Å². The number of carbonyl (C=O) groups excluding carboxylic acids is 3. The molecule has 73 heavy (non-hydrogen) atoms. The van der Waals surface area contributed by atoms with Crippen LogP contribution in [0.25, 0.3) is 0 Å². The molecule has 0 heterocycles. The predicted octanol–water partition coefficient (Wildman–Crippen LogP) is 21.6. The normalized spacial score (nSPS) is 12.4. The van der Waals surface area contributed by atoms with Crippen molar-refractivity contribution in [2.75, 3.05) is 13.2 Å². The molecule has 424 valence electrons. The van der Waals surface area contributed by atoms with Crippen LogP contribution in [-0.2, 0) is 28.6 Å². The molecule has 0 rings (SSSR count). The second kappa shape index (κ2) is 61.7. The quantitative estimate of drug-likeness (QED) is 0.0261. The molecule has 1 unspecified atom stereocenters. The summed E-state index contributed by atoms with van der Waals surface area (Å²) in [5, 5.41) is 0. The molecule has 0 radical (unpaired) electrons. The topological polar surface area (TPSA) is 78.9 Å². The highest BCUT2D eigenvalue weighted by Gasteiger charge is 2.19. The van der Waals surface area contributed by atoms with Gasteiger partial charge in [0.1, 0.15) is 13.2 Å². The van der Waals surface area contributed by atoms with Gasteiger partial charge in [0.15, 0.2) is 6.10 Å². The molecule has 0 spiro atoms. The van der Waals surface area contributed by atoms with Crippen molar-refractivity contribution >= 4 is 17.9 Å². The fourth-order valence-electron chi connectivity index (χ4n) is 9.19. The van der Waals surface area contributed by atoms with E-state index in [1.807, 2.05) is 0 Å². The first kappa shape index (κ1) is 70.1. The van der Waals surface area contributed by atoms with E-state index in [2.05, 4.69) is 81.5 Å². The molecular weight excluding hydrogens is 901 g/mol. The Labute approximate surface area is 453 Å². The maximum Gasteiger partial charge on any atom is 0.306 e. The smallest absolute Gasteiger partial charge is 0.306 e. The van der Waals surface area contributed by atoms with Gasteiger partial charge in [0, 0.05) is 19.3 Å². The molecule has 0 saturated carbocycles. The fraction of sp³-hybridized carbons (Fsp3) is 0.806. The van der Waals surface area contributed by atoms with Crippen LogP contribution in [0.4, 0.5) is 0 Å². The van der Waals surface area contributed by atoms with Crippen molar-refractivity contribution in [1.29, 1.82) is 0 Å². The highest BCUT2D eigenvalue weighted by Crippen LogP contribution is 2.17. The van der Waals surface area contributed by atoms with Gasteiger partial charge in [-0.3, -0.25) is 14.4 Å². The third-order valence-electron chi connectivity index (χ3n) is 14.0. The zero-order chi connectivity index (χ0) is 52.9. The van der Waals surface area contributed by atoms with Gasteiger partial charge in [0.25, 0.3) is 0 Å². The van der Waals surface area contributed by atoms with E-state index in [0.717, 1.165) is 83.5 Å². The number of rotatable bonds is 58. The molecule has 0 fully saturated rings. The summed E-state index contributed by atoms with van der Waals surface area (Å²) in [6.07, 6.45) is 78.1. The monoisotopic (exact) mass is 1020 g/mol. The van der Waals surface area contributed by atoms with Crippen molar-refractivity contribution in [3.63, 3.8) is 0 Å². The molecule has 0 aromatic heterocycles. The predicted molar refractivity (Wildman–Crippen MR) is 316 cm³/mol. The minimum absolute atomic E-state index is 0.0765. The van der Waals surface area contributed by atoms with Crippen molar-refractivity contribution in [2.45, 2.75) is 335 Å². The lowest BCUT2D eigenvalue weighted by molar-refractivity contribution is -0.167. The lowest BCUT2D eigenvalue weighted by Crippen LogP contribution is -2.30. The average molecular weight is 1020 g/mol. The summed E-state index contributed by atoms with van der Waals surface area (Å²) < 4.78 is 16.9. The second-order valence-corrected chi connectivity index (χ2v) is 21.3. The lowest BCUT2D eigenvalue weighted by Gasteiger charge is -2.18. The molecule has 6 heteroatoms. The average Bonchev–Trinajstić information content (AvgIpc) is 3.39. The molecule has 0 aliphatic carbocycles. The van der Waals surface area contributed by atoms with Crippen molar-refractivity contribution < 1.29 is 28.6 Å². The van der Waals surface area contributed by atoms with Gasteiger partial charge in [0.05, 0.1) is 0 Å². The Balaban J connectivity index is 4.18. The van der Waals surface area contributed by atoms with Crippen LogP contribution in [-0.4, -0.2) is 37.2 Å². The second-order valence-electron chi connectivity index (χ2n) is 21.3. The zero-order valence-corrected chi connectivity index (χ0v) is 48.7. The van der Waals surface area contributed by atoms with Crippen LogP contribution >= 0.6 is 0 Å². The molecule has 6 nitrogen and oxygen atoms in total. The summed E-state index contributed by atoms with van der Waals surface area (Å²) in [5.41, 5.74) is 0. The third-order valence-corrected chi connectivity index (χ3v) is 14.0. The Kier molecular flexibility index (Phi) is 59.2. The van der Waals surface area contributed by atoms with Crippen molar-refractivity contribution in [3.8, 4) is 0 Å². The van der Waals surface area contributed by atoms with Gasteiger partial charge in [-0.05, 0) is 89.9 Å². The summed E-state index contributed by atoms with van der Waals surface area (Å²) >= 11 is 0. The Bertz CT molecular complexity index is 1310. The van der Waals surface area contributed by atoms with E-state index in [9.17, 15) is 14.4 Å². The van der Waals surface area contributed by atoms with Crippen molar-refractivity contribution in [3.05, 3.63) is 60.8 Å². The molecule has 0 saturated heterocycles. The van der Waals surface area contributed by atoms with E-state index in [-0.39, 0.29) is 31.1 Å². The first-order valence-corrected chi connectivity index (χ1v) is 31.8. The summed E-state index contributed by atoms with van der Waals surface area (Å²) in [4.78, 5) is 38.1. The van der Waals surface area contributed by atoms with E-state index in [1.165, 1.54) is 205 Å². The Morgan fingerprint density at radius 1 is 0.274 bits per heavy atom. The fourth-order valence-corrected chi connectivity index (χ4v) is 9.19. The maximum absolute atomic E-state index is 12.9. The maximum atomic E-state index is 12.9. The molecule has 0 aromatic carbocycles. The first-order chi connectivity index (χ1) is 36.0. The summed E-state index contributed by atoms with van der Waals surface area (Å²) in [6, 6.07) is 0. The summed E-state index contributed by atoms with van der Waals surface area (Å²) in [7, 11) is 0. The number of hydrogen-bond donors (Lipinski definition) is 0. The Morgan fingerprint density at radius 3 is 0.795 bits per heavy atom.